The highest BCUT2D eigenvalue weighted by atomic mass is 35.5. The third kappa shape index (κ3) is 6.24. The molecule has 1 saturated heterocycles. The first-order valence-corrected chi connectivity index (χ1v) is 13.0. The van der Waals surface area contributed by atoms with Crippen LogP contribution in [0.15, 0.2) is 66.7 Å². The molecule has 8 heteroatoms. The topological polar surface area (TPSA) is 62.6 Å². The van der Waals surface area contributed by atoms with Crippen molar-refractivity contribution in [2.75, 3.05) is 49.5 Å². The van der Waals surface area contributed by atoms with Gasteiger partial charge in [0.1, 0.15) is 11.6 Å². The quantitative estimate of drug-likeness (QED) is 0.359. The van der Waals surface area contributed by atoms with Gasteiger partial charge in [-0.25, -0.2) is 4.98 Å². The molecular weight excluding hydrogens is 486 g/mol. The zero-order valence-electron chi connectivity index (χ0n) is 21.3. The summed E-state index contributed by atoms with van der Waals surface area (Å²) in [5.74, 6) is 1.42. The second kappa shape index (κ2) is 11.2. The maximum atomic E-state index is 12.4. The molecule has 0 bridgehead atoms. The first kappa shape index (κ1) is 25.1. The number of imidazole rings is 1. The molecule has 1 amide bonds. The number of fused-ring (bicyclic) bond motifs is 1. The number of aromatic nitrogens is 2. The van der Waals surface area contributed by atoms with Crippen LogP contribution in [0, 0.1) is 6.92 Å². The Morgan fingerprint density at radius 2 is 1.73 bits per heavy atom. The highest BCUT2D eigenvalue weighted by Crippen LogP contribution is 2.21. The predicted molar refractivity (Wildman–Crippen MR) is 150 cm³/mol. The monoisotopic (exact) mass is 517 g/mol. The molecule has 1 aromatic heterocycles. The van der Waals surface area contributed by atoms with Crippen LogP contribution in [0.3, 0.4) is 0 Å². The van der Waals surface area contributed by atoms with Gasteiger partial charge in [-0.1, -0.05) is 29.3 Å². The summed E-state index contributed by atoms with van der Waals surface area (Å²) in [7, 11) is 2.05. The molecule has 1 N–H and O–H groups in total. The molecule has 0 saturated carbocycles. The maximum Gasteiger partial charge on any atom is 0.262 e. The molecule has 37 heavy (non-hydrogen) atoms. The van der Waals surface area contributed by atoms with Crippen molar-refractivity contribution in [2.24, 2.45) is 7.05 Å². The molecule has 2 heterocycles. The second-order valence-electron chi connectivity index (χ2n) is 9.50. The van der Waals surface area contributed by atoms with Crippen LogP contribution in [0.2, 0.25) is 5.02 Å². The van der Waals surface area contributed by atoms with E-state index in [-0.39, 0.29) is 12.5 Å². The second-order valence-corrected chi connectivity index (χ2v) is 9.93. The zero-order valence-corrected chi connectivity index (χ0v) is 22.0. The molecular formula is C29H32ClN5O2. The van der Waals surface area contributed by atoms with Crippen LogP contribution in [0.5, 0.6) is 5.75 Å². The number of halogens is 1. The standard InChI is InChI=1S/C29H32ClN5O2/c1-21-3-8-24(9-4-21)35-17-15-34(16-18-35)14-13-28-32-26-19-23(7-12-27(26)33(28)2)31-29(36)20-37-25-10-5-22(30)6-11-25/h3-12,19H,13-18,20H2,1-2H3,(H,31,36). The average Bonchev–Trinajstić information content (AvgIpc) is 3.22. The van der Waals surface area contributed by atoms with Crippen molar-refractivity contribution in [1.82, 2.24) is 14.5 Å². The Labute approximate surface area is 222 Å². The number of nitrogens with zero attached hydrogens (tertiary/aromatic N) is 4. The molecule has 0 radical (unpaired) electrons. The number of hydrogen-bond acceptors (Lipinski definition) is 5. The summed E-state index contributed by atoms with van der Waals surface area (Å²) in [4.78, 5) is 22.2. The first-order chi connectivity index (χ1) is 17.9. The minimum Gasteiger partial charge on any atom is -0.484 e. The number of carbonyl (C=O) groups excluding carboxylic acids is 1. The van der Waals surface area contributed by atoms with Crippen LogP contribution in [-0.2, 0) is 18.3 Å². The summed E-state index contributed by atoms with van der Waals surface area (Å²) < 4.78 is 7.68. The number of piperazine rings is 1. The maximum absolute atomic E-state index is 12.4. The van der Waals surface area contributed by atoms with Gasteiger partial charge in [-0.3, -0.25) is 9.69 Å². The van der Waals surface area contributed by atoms with E-state index in [0.717, 1.165) is 56.0 Å². The van der Waals surface area contributed by atoms with E-state index in [1.54, 1.807) is 24.3 Å². The number of amides is 1. The molecule has 1 fully saturated rings. The van der Waals surface area contributed by atoms with Gasteiger partial charge in [0, 0.05) is 62.6 Å². The van der Waals surface area contributed by atoms with E-state index in [2.05, 4.69) is 57.9 Å². The number of rotatable bonds is 8. The SMILES string of the molecule is Cc1ccc(N2CCN(CCc3nc4cc(NC(=O)COc5ccc(Cl)cc5)ccc4n3C)CC2)cc1. The fourth-order valence-electron chi connectivity index (χ4n) is 4.67. The molecule has 192 valence electrons. The number of aryl methyl sites for hydroxylation is 2. The van der Waals surface area contributed by atoms with E-state index in [1.807, 2.05) is 18.2 Å². The molecule has 3 aromatic carbocycles. The van der Waals surface area contributed by atoms with Crippen molar-refractivity contribution in [2.45, 2.75) is 13.3 Å². The highest BCUT2D eigenvalue weighted by molar-refractivity contribution is 6.30. The molecule has 0 aliphatic carbocycles. The van der Waals surface area contributed by atoms with Crippen LogP contribution in [0.4, 0.5) is 11.4 Å². The van der Waals surface area contributed by atoms with Crippen LogP contribution in [-0.4, -0.2) is 59.7 Å². The van der Waals surface area contributed by atoms with Crippen molar-refractivity contribution >= 4 is 39.9 Å². The third-order valence-corrected chi connectivity index (χ3v) is 7.12. The molecule has 1 aliphatic rings. The first-order valence-electron chi connectivity index (χ1n) is 12.6. The van der Waals surface area contributed by atoms with E-state index in [4.69, 9.17) is 21.3 Å². The van der Waals surface area contributed by atoms with Crippen molar-refractivity contribution in [3.8, 4) is 5.75 Å². The largest absolute Gasteiger partial charge is 0.484 e. The molecule has 0 unspecified atom stereocenters. The van der Waals surface area contributed by atoms with Crippen LogP contribution in [0.1, 0.15) is 11.4 Å². The summed E-state index contributed by atoms with van der Waals surface area (Å²) >= 11 is 5.89. The third-order valence-electron chi connectivity index (χ3n) is 6.86. The zero-order chi connectivity index (χ0) is 25.8. The van der Waals surface area contributed by atoms with Gasteiger partial charge < -0.3 is 19.5 Å². The van der Waals surface area contributed by atoms with Gasteiger partial charge in [0.05, 0.1) is 11.0 Å². The molecule has 5 rings (SSSR count). The lowest BCUT2D eigenvalue weighted by Crippen LogP contribution is -2.47. The fourth-order valence-corrected chi connectivity index (χ4v) is 4.80. The van der Waals surface area contributed by atoms with E-state index in [0.29, 0.717) is 16.5 Å². The summed E-state index contributed by atoms with van der Waals surface area (Å²) in [5.41, 5.74) is 5.23. The van der Waals surface area contributed by atoms with Crippen molar-refractivity contribution in [3.63, 3.8) is 0 Å². The lowest BCUT2D eigenvalue weighted by molar-refractivity contribution is -0.118. The number of nitrogens with one attached hydrogen (secondary N) is 1. The molecule has 0 atom stereocenters. The van der Waals surface area contributed by atoms with E-state index in [1.165, 1.54) is 11.3 Å². The van der Waals surface area contributed by atoms with Gasteiger partial charge >= 0.3 is 0 Å². The Hall–Kier alpha value is -3.55. The smallest absolute Gasteiger partial charge is 0.262 e. The lowest BCUT2D eigenvalue weighted by atomic mass is 10.2. The van der Waals surface area contributed by atoms with Gasteiger partial charge in [0.25, 0.3) is 5.91 Å². The van der Waals surface area contributed by atoms with Crippen molar-refractivity contribution < 1.29 is 9.53 Å². The number of anilines is 2. The van der Waals surface area contributed by atoms with Gasteiger partial charge in [0.2, 0.25) is 0 Å². The average molecular weight is 518 g/mol. The summed E-state index contributed by atoms with van der Waals surface area (Å²) in [6, 6.07) is 21.5. The number of hydrogen-bond donors (Lipinski definition) is 1. The van der Waals surface area contributed by atoms with Gasteiger partial charge in [-0.2, -0.15) is 0 Å². The lowest BCUT2D eigenvalue weighted by Gasteiger charge is -2.36. The normalized spacial score (nSPS) is 14.2. The van der Waals surface area contributed by atoms with Crippen molar-refractivity contribution in [1.29, 1.82) is 0 Å². The minimum absolute atomic E-state index is 0.0791. The van der Waals surface area contributed by atoms with Crippen LogP contribution in [0.25, 0.3) is 11.0 Å². The van der Waals surface area contributed by atoms with Gasteiger partial charge in [-0.15, -0.1) is 0 Å². The van der Waals surface area contributed by atoms with Gasteiger partial charge in [-0.05, 0) is 61.5 Å². The molecule has 4 aromatic rings. The van der Waals surface area contributed by atoms with E-state index in [9.17, 15) is 4.79 Å². The Balaban J connectivity index is 1.13. The number of carbonyl (C=O) groups is 1. The summed E-state index contributed by atoms with van der Waals surface area (Å²) in [6.07, 6.45) is 0.881. The Kier molecular flexibility index (Phi) is 7.63. The number of ether oxygens (including phenoxy) is 1. The molecule has 7 nitrogen and oxygen atoms in total. The van der Waals surface area contributed by atoms with Gasteiger partial charge in [0.15, 0.2) is 6.61 Å². The Bertz CT molecular complexity index is 1360. The molecule has 1 aliphatic heterocycles. The molecule has 0 spiro atoms. The van der Waals surface area contributed by atoms with Crippen molar-refractivity contribution in [3.05, 3.63) is 83.1 Å². The van der Waals surface area contributed by atoms with Crippen LogP contribution >= 0.6 is 11.6 Å². The van der Waals surface area contributed by atoms with E-state index >= 15 is 0 Å². The minimum atomic E-state index is -0.227. The Morgan fingerprint density at radius 3 is 2.46 bits per heavy atom. The fraction of sp³-hybridized carbons (Fsp3) is 0.310. The summed E-state index contributed by atoms with van der Waals surface area (Å²) in [5, 5.41) is 3.52. The predicted octanol–water partition coefficient (Wildman–Crippen LogP) is 4.92. The highest BCUT2D eigenvalue weighted by Gasteiger charge is 2.18. The van der Waals surface area contributed by atoms with E-state index < -0.39 is 0 Å². The Morgan fingerprint density at radius 1 is 1.00 bits per heavy atom. The summed E-state index contributed by atoms with van der Waals surface area (Å²) in [6.45, 7) is 7.19. The van der Waals surface area contributed by atoms with Crippen LogP contribution < -0.4 is 15.0 Å². The number of benzene rings is 3.